The normalized spacial score (nSPS) is 10.8. The van der Waals surface area contributed by atoms with Gasteiger partial charge in [-0.2, -0.15) is 0 Å². The smallest absolute Gasteiger partial charge is 0.189 e. The van der Waals surface area contributed by atoms with Gasteiger partial charge in [-0.25, -0.2) is 4.39 Å². The number of fused-ring (bicyclic) bond motifs is 1. The van der Waals surface area contributed by atoms with Crippen molar-refractivity contribution >= 4 is 10.9 Å². The molecular weight excluding hydrogens is 181 g/mol. The Labute approximate surface area is 80.6 Å². The fourth-order valence-electron chi connectivity index (χ4n) is 1.55. The molecule has 0 bridgehead atoms. The molecule has 0 amide bonds. The van der Waals surface area contributed by atoms with Crippen molar-refractivity contribution in [3.63, 3.8) is 0 Å². The van der Waals surface area contributed by atoms with E-state index in [1.807, 2.05) is 18.5 Å². The number of pyridine rings is 1. The van der Waals surface area contributed by atoms with Crippen molar-refractivity contribution in [1.82, 2.24) is 4.57 Å². The fourth-order valence-corrected chi connectivity index (χ4v) is 1.55. The highest BCUT2D eigenvalue weighted by Gasteiger charge is 2.04. The Balaban J connectivity index is 3.02. The summed E-state index contributed by atoms with van der Waals surface area (Å²) in [6, 6.07) is 5.78. The molecule has 1 heterocycles. The van der Waals surface area contributed by atoms with Crippen LogP contribution in [0.1, 0.15) is 5.69 Å². The van der Waals surface area contributed by atoms with Crippen molar-refractivity contribution < 1.29 is 4.39 Å². The lowest BCUT2D eigenvalue weighted by atomic mass is 10.2. The van der Waals surface area contributed by atoms with Gasteiger partial charge in [0.1, 0.15) is 5.82 Å². The molecule has 2 aromatic rings. The molecule has 0 N–H and O–H groups in total. The van der Waals surface area contributed by atoms with Crippen LogP contribution in [-0.2, 0) is 7.05 Å². The number of benzene rings is 1. The Morgan fingerprint density at radius 3 is 2.71 bits per heavy atom. The first-order chi connectivity index (χ1) is 6.59. The molecule has 0 radical (unpaired) electrons. The first kappa shape index (κ1) is 8.94. The highest BCUT2D eigenvalue weighted by Crippen LogP contribution is 2.12. The Hall–Kier alpha value is -1.64. The molecule has 0 saturated heterocycles. The molecule has 0 saturated carbocycles. The standard InChI is InChI=1S/C11H10FNO/c1-7-5-11(14)9-6-8(12)3-4-10(9)13(7)2/h3-6H,1-2H3. The molecule has 3 heteroatoms. The van der Waals surface area contributed by atoms with E-state index in [4.69, 9.17) is 0 Å². The zero-order valence-corrected chi connectivity index (χ0v) is 8.04. The van der Waals surface area contributed by atoms with Crippen molar-refractivity contribution in [2.45, 2.75) is 6.92 Å². The van der Waals surface area contributed by atoms with Crippen LogP contribution in [0.4, 0.5) is 4.39 Å². The minimum atomic E-state index is -0.376. The second-order valence-electron chi connectivity index (χ2n) is 3.37. The number of nitrogens with zero attached hydrogens (tertiary/aromatic N) is 1. The van der Waals surface area contributed by atoms with Crippen molar-refractivity contribution in [3.8, 4) is 0 Å². The number of aryl methyl sites for hydroxylation is 2. The minimum Gasteiger partial charge on any atom is -0.348 e. The van der Waals surface area contributed by atoms with Gasteiger partial charge in [-0.3, -0.25) is 4.79 Å². The molecule has 0 atom stereocenters. The topological polar surface area (TPSA) is 22.0 Å². The molecule has 0 aliphatic rings. The third-order valence-corrected chi connectivity index (χ3v) is 2.45. The minimum absolute atomic E-state index is 0.130. The van der Waals surface area contributed by atoms with Crippen LogP contribution in [0, 0.1) is 12.7 Å². The largest absolute Gasteiger partial charge is 0.348 e. The van der Waals surface area contributed by atoms with E-state index in [1.54, 1.807) is 6.07 Å². The third kappa shape index (κ3) is 1.21. The summed E-state index contributed by atoms with van der Waals surface area (Å²) in [6.07, 6.45) is 0. The Morgan fingerprint density at radius 2 is 2.00 bits per heavy atom. The van der Waals surface area contributed by atoms with Crippen LogP contribution < -0.4 is 5.43 Å². The molecule has 0 aliphatic carbocycles. The van der Waals surface area contributed by atoms with Gasteiger partial charge in [-0.05, 0) is 25.1 Å². The summed E-state index contributed by atoms with van der Waals surface area (Å²) in [5.74, 6) is -0.376. The van der Waals surface area contributed by atoms with Gasteiger partial charge in [-0.15, -0.1) is 0 Å². The predicted octanol–water partition coefficient (Wildman–Crippen LogP) is 1.99. The van der Waals surface area contributed by atoms with Gasteiger partial charge in [0.2, 0.25) is 0 Å². The second kappa shape index (κ2) is 2.94. The van der Waals surface area contributed by atoms with Crippen LogP contribution in [0.3, 0.4) is 0 Å². The van der Waals surface area contributed by atoms with E-state index in [1.165, 1.54) is 18.2 Å². The number of hydrogen-bond acceptors (Lipinski definition) is 1. The quantitative estimate of drug-likeness (QED) is 0.624. The second-order valence-corrected chi connectivity index (χ2v) is 3.37. The van der Waals surface area contributed by atoms with Gasteiger partial charge in [0.05, 0.1) is 5.52 Å². The van der Waals surface area contributed by atoms with E-state index in [-0.39, 0.29) is 11.2 Å². The van der Waals surface area contributed by atoms with Crippen LogP contribution in [0.5, 0.6) is 0 Å². The van der Waals surface area contributed by atoms with Crippen molar-refractivity contribution in [2.75, 3.05) is 0 Å². The summed E-state index contributed by atoms with van der Waals surface area (Å²) in [4.78, 5) is 11.5. The molecule has 2 nitrogen and oxygen atoms in total. The number of hydrogen-bond donors (Lipinski definition) is 0. The highest BCUT2D eigenvalue weighted by atomic mass is 19.1. The Kier molecular flexibility index (Phi) is 1.88. The summed E-state index contributed by atoms with van der Waals surface area (Å²) >= 11 is 0. The van der Waals surface area contributed by atoms with Crippen molar-refractivity contribution in [1.29, 1.82) is 0 Å². The molecule has 2 rings (SSSR count). The molecule has 1 aromatic carbocycles. The van der Waals surface area contributed by atoms with E-state index in [9.17, 15) is 9.18 Å². The lowest BCUT2D eigenvalue weighted by Crippen LogP contribution is -2.09. The maximum atomic E-state index is 12.9. The summed E-state index contributed by atoms with van der Waals surface area (Å²) in [6.45, 7) is 1.85. The fraction of sp³-hybridized carbons (Fsp3) is 0.182. The van der Waals surface area contributed by atoms with Gasteiger partial charge >= 0.3 is 0 Å². The van der Waals surface area contributed by atoms with Crippen LogP contribution in [0.25, 0.3) is 10.9 Å². The summed E-state index contributed by atoms with van der Waals surface area (Å²) in [5, 5.41) is 0.429. The maximum Gasteiger partial charge on any atom is 0.189 e. The third-order valence-electron chi connectivity index (χ3n) is 2.45. The SMILES string of the molecule is Cc1cc(=O)c2cc(F)ccc2n1C. The lowest BCUT2D eigenvalue weighted by molar-refractivity contribution is 0.629. The zero-order valence-electron chi connectivity index (χ0n) is 8.04. The monoisotopic (exact) mass is 191 g/mol. The molecule has 14 heavy (non-hydrogen) atoms. The molecular formula is C11H10FNO. The molecule has 0 aliphatic heterocycles. The number of halogens is 1. The maximum absolute atomic E-state index is 12.9. The average Bonchev–Trinajstić information content (AvgIpc) is 2.14. The van der Waals surface area contributed by atoms with Gasteiger partial charge in [-0.1, -0.05) is 0 Å². The first-order valence-corrected chi connectivity index (χ1v) is 4.35. The highest BCUT2D eigenvalue weighted by molar-refractivity contribution is 5.79. The lowest BCUT2D eigenvalue weighted by Gasteiger charge is -2.08. The van der Waals surface area contributed by atoms with E-state index < -0.39 is 0 Å². The first-order valence-electron chi connectivity index (χ1n) is 4.35. The predicted molar refractivity (Wildman–Crippen MR) is 53.9 cm³/mol. The molecule has 72 valence electrons. The van der Waals surface area contributed by atoms with Gasteiger partial charge < -0.3 is 4.57 Å². The van der Waals surface area contributed by atoms with Crippen molar-refractivity contribution in [3.05, 3.63) is 46.0 Å². The Morgan fingerprint density at radius 1 is 1.29 bits per heavy atom. The molecule has 0 unspecified atom stereocenters. The van der Waals surface area contributed by atoms with Crippen LogP contribution >= 0.6 is 0 Å². The van der Waals surface area contributed by atoms with E-state index in [0.717, 1.165) is 11.2 Å². The van der Waals surface area contributed by atoms with Gasteiger partial charge in [0.15, 0.2) is 5.43 Å². The number of rotatable bonds is 0. The zero-order chi connectivity index (χ0) is 10.3. The van der Waals surface area contributed by atoms with Crippen LogP contribution in [0.2, 0.25) is 0 Å². The van der Waals surface area contributed by atoms with Crippen LogP contribution in [-0.4, -0.2) is 4.57 Å². The van der Waals surface area contributed by atoms with E-state index in [2.05, 4.69) is 0 Å². The summed E-state index contributed by atoms with van der Waals surface area (Å²) < 4.78 is 14.8. The molecule has 1 aromatic heterocycles. The summed E-state index contributed by atoms with van der Waals surface area (Å²) in [7, 11) is 1.86. The molecule has 0 fully saturated rings. The average molecular weight is 191 g/mol. The molecule has 0 spiro atoms. The van der Waals surface area contributed by atoms with E-state index in [0.29, 0.717) is 5.39 Å². The summed E-state index contributed by atoms with van der Waals surface area (Å²) in [5.41, 5.74) is 1.50. The van der Waals surface area contributed by atoms with Crippen molar-refractivity contribution in [2.24, 2.45) is 7.05 Å². The van der Waals surface area contributed by atoms with Gasteiger partial charge in [0.25, 0.3) is 0 Å². The van der Waals surface area contributed by atoms with Crippen LogP contribution in [0.15, 0.2) is 29.1 Å². The Bertz CT molecular complexity index is 557. The van der Waals surface area contributed by atoms with E-state index >= 15 is 0 Å². The van der Waals surface area contributed by atoms with Gasteiger partial charge in [0, 0.05) is 24.2 Å². The number of aromatic nitrogens is 1.